The molecule has 2 N–H and O–H groups in total. The number of hydrogen-bond donors (Lipinski definition) is 1. The second-order valence-electron chi connectivity index (χ2n) is 13.6. The van der Waals surface area contributed by atoms with Gasteiger partial charge in [-0.1, -0.05) is 46.8 Å². The van der Waals surface area contributed by atoms with E-state index in [-0.39, 0.29) is 34.0 Å². The number of ether oxygens (including phenoxy) is 1. The highest BCUT2D eigenvalue weighted by molar-refractivity contribution is 7.90. The number of carbonyl (C=O) groups is 1. The molecular formula is C24H45N5O7SSi2. The molecule has 0 saturated carbocycles. The molecule has 4 atom stereocenters. The van der Waals surface area contributed by atoms with Gasteiger partial charge in [0.1, 0.15) is 17.9 Å². The van der Waals surface area contributed by atoms with Crippen LogP contribution in [0.25, 0.3) is 0 Å². The SMILES string of the molecule is CN(C)C(=O)c1cnnn1[C@@H]1O[C@H](CO[Si](C)(C)C(C)(C)C)[C@@]2(OS(=O)(=O)C=C2N)[C@H]1O[Si](C)(C)C(C)(C)C. The van der Waals surface area contributed by atoms with Gasteiger partial charge in [-0.05, 0) is 36.3 Å². The van der Waals surface area contributed by atoms with Crippen LogP contribution in [-0.4, -0.2) is 89.4 Å². The Morgan fingerprint density at radius 2 is 1.69 bits per heavy atom. The van der Waals surface area contributed by atoms with Crippen LogP contribution in [0, 0.1) is 0 Å². The van der Waals surface area contributed by atoms with E-state index in [4.69, 9.17) is 23.5 Å². The zero-order valence-corrected chi connectivity index (χ0v) is 28.0. The standard InChI is InChI=1S/C24H45N5O7SSi2/c1-22(2,3)38(9,10)33-14-18-24(17(25)15-37(31,32)36-24)19(35-39(11,12)23(4,5)6)21(34-18)29-16(13-26-27-29)20(30)28(7)8/h13,15,18-19,21H,14,25H2,1-12H3/t18-,19+,21-,24-/m1/s1. The Kier molecular flexibility index (Phi) is 8.20. The third-order valence-electron chi connectivity index (χ3n) is 8.51. The molecule has 2 aliphatic heterocycles. The van der Waals surface area contributed by atoms with Crippen molar-refractivity contribution in [3.63, 3.8) is 0 Å². The van der Waals surface area contributed by atoms with Gasteiger partial charge in [0.05, 0.1) is 23.9 Å². The Bertz CT molecular complexity index is 1230. The zero-order chi connectivity index (χ0) is 30.0. The van der Waals surface area contributed by atoms with Gasteiger partial charge >= 0.3 is 0 Å². The molecule has 0 unspecified atom stereocenters. The fraction of sp³-hybridized carbons (Fsp3) is 0.792. The van der Waals surface area contributed by atoms with E-state index in [0.717, 1.165) is 5.41 Å². The van der Waals surface area contributed by atoms with Crippen LogP contribution >= 0.6 is 0 Å². The second-order valence-corrected chi connectivity index (χ2v) is 24.5. The Balaban J connectivity index is 2.21. The van der Waals surface area contributed by atoms with Gasteiger partial charge in [0.25, 0.3) is 16.0 Å². The van der Waals surface area contributed by atoms with E-state index in [1.807, 2.05) is 13.1 Å². The molecule has 1 spiro atoms. The smallest absolute Gasteiger partial charge is 0.292 e. The molecule has 0 radical (unpaired) electrons. The second kappa shape index (κ2) is 10.0. The van der Waals surface area contributed by atoms with Crippen LogP contribution in [0.2, 0.25) is 36.3 Å². The van der Waals surface area contributed by atoms with Gasteiger partial charge in [0, 0.05) is 14.1 Å². The number of rotatable bonds is 7. The molecule has 222 valence electrons. The van der Waals surface area contributed by atoms with E-state index in [1.54, 1.807) is 14.1 Å². The fourth-order valence-electron chi connectivity index (χ4n) is 4.00. The van der Waals surface area contributed by atoms with E-state index in [2.05, 4.69) is 64.9 Å². The fourth-order valence-corrected chi connectivity index (χ4v) is 7.51. The summed E-state index contributed by atoms with van der Waals surface area (Å²) in [6.07, 6.45) is -1.79. The summed E-state index contributed by atoms with van der Waals surface area (Å²) >= 11 is 0. The summed E-state index contributed by atoms with van der Waals surface area (Å²) in [5, 5.41) is 8.68. The molecule has 2 aliphatic rings. The van der Waals surface area contributed by atoms with Gasteiger partial charge in [0.15, 0.2) is 28.5 Å². The third-order valence-corrected chi connectivity index (χ3v) is 18.5. The molecule has 0 bridgehead atoms. The van der Waals surface area contributed by atoms with Crippen molar-refractivity contribution in [2.75, 3.05) is 20.7 Å². The van der Waals surface area contributed by atoms with Crippen LogP contribution in [-0.2, 0) is 27.9 Å². The minimum Gasteiger partial charge on any atom is -0.414 e. The van der Waals surface area contributed by atoms with Gasteiger partial charge in [-0.15, -0.1) is 5.10 Å². The lowest BCUT2D eigenvalue weighted by atomic mass is 9.89. The molecule has 1 aromatic rings. The van der Waals surface area contributed by atoms with Crippen molar-refractivity contribution >= 4 is 32.7 Å². The van der Waals surface area contributed by atoms with Gasteiger partial charge in [-0.2, -0.15) is 8.42 Å². The van der Waals surface area contributed by atoms with Crippen molar-refractivity contribution in [2.45, 2.75) is 102 Å². The summed E-state index contributed by atoms with van der Waals surface area (Å²) in [6, 6.07) is 0. The maximum Gasteiger partial charge on any atom is 0.292 e. The number of amides is 1. The molecule has 0 aliphatic carbocycles. The summed E-state index contributed by atoms with van der Waals surface area (Å²) in [6.45, 7) is 20.8. The van der Waals surface area contributed by atoms with E-state index in [1.165, 1.54) is 15.8 Å². The van der Waals surface area contributed by atoms with Crippen LogP contribution in [0.4, 0.5) is 0 Å². The van der Waals surface area contributed by atoms with Gasteiger partial charge in [-0.3, -0.25) is 4.79 Å². The first-order valence-electron chi connectivity index (χ1n) is 13.0. The molecule has 0 aromatic carbocycles. The lowest BCUT2D eigenvalue weighted by Gasteiger charge is -2.43. The minimum atomic E-state index is -4.15. The first-order valence-corrected chi connectivity index (χ1v) is 20.3. The van der Waals surface area contributed by atoms with Crippen LogP contribution in [0.1, 0.15) is 58.3 Å². The summed E-state index contributed by atoms with van der Waals surface area (Å²) in [5.74, 6) is -0.354. The van der Waals surface area contributed by atoms with E-state index in [0.29, 0.717) is 0 Å². The zero-order valence-electron chi connectivity index (χ0n) is 25.2. The minimum absolute atomic E-state index is 0.0000711. The van der Waals surface area contributed by atoms with Crippen molar-refractivity contribution in [3.05, 3.63) is 23.0 Å². The molecule has 15 heteroatoms. The van der Waals surface area contributed by atoms with Crippen LogP contribution in [0.3, 0.4) is 0 Å². The van der Waals surface area contributed by atoms with Gasteiger partial charge in [0.2, 0.25) is 0 Å². The summed E-state index contributed by atoms with van der Waals surface area (Å²) < 4.78 is 52.8. The largest absolute Gasteiger partial charge is 0.414 e. The summed E-state index contributed by atoms with van der Waals surface area (Å²) in [7, 11) is -5.83. The predicted molar refractivity (Wildman–Crippen MR) is 152 cm³/mol. The highest BCUT2D eigenvalue weighted by Crippen LogP contribution is 2.52. The molecular weight excluding hydrogens is 559 g/mol. The molecule has 1 amide bonds. The summed E-state index contributed by atoms with van der Waals surface area (Å²) in [5.41, 5.74) is 4.87. The highest BCUT2D eigenvalue weighted by Gasteiger charge is 2.67. The first kappa shape index (κ1) is 31.9. The van der Waals surface area contributed by atoms with Crippen LogP contribution in [0.15, 0.2) is 17.3 Å². The molecule has 1 saturated heterocycles. The molecule has 12 nitrogen and oxygen atoms in total. The first-order chi connectivity index (χ1) is 17.5. The number of nitrogens with zero attached hydrogens (tertiary/aromatic N) is 4. The average Bonchev–Trinajstić information content (AvgIpc) is 3.39. The molecule has 39 heavy (non-hydrogen) atoms. The van der Waals surface area contributed by atoms with Gasteiger partial charge in [-0.25, -0.2) is 8.86 Å². The van der Waals surface area contributed by atoms with Gasteiger partial charge < -0.3 is 24.2 Å². The van der Waals surface area contributed by atoms with Crippen LogP contribution < -0.4 is 5.73 Å². The van der Waals surface area contributed by atoms with Crippen molar-refractivity contribution < 1.29 is 31.0 Å². The normalized spacial score (nSPS) is 27.7. The van der Waals surface area contributed by atoms with Crippen molar-refractivity contribution in [1.29, 1.82) is 0 Å². The number of hydrogen-bond acceptors (Lipinski definition) is 10. The maximum absolute atomic E-state index is 13.0. The maximum atomic E-state index is 13.0. The molecule has 3 rings (SSSR count). The van der Waals surface area contributed by atoms with Crippen molar-refractivity contribution in [1.82, 2.24) is 19.9 Å². The Morgan fingerprint density at radius 1 is 1.13 bits per heavy atom. The van der Waals surface area contributed by atoms with Crippen molar-refractivity contribution in [2.24, 2.45) is 5.73 Å². The highest BCUT2D eigenvalue weighted by atomic mass is 32.2. The lowest BCUT2D eigenvalue weighted by molar-refractivity contribution is -0.0603. The summed E-state index contributed by atoms with van der Waals surface area (Å²) in [4.78, 5) is 14.4. The predicted octanol–water partition coefficient (Wildman–Crippen LogP) is 3.19. The number of carbonyl (C=O) groups excluding carboxylic acids is 1. The third kappa shape index (κ3) is 5.76. The number of aromatic nitrogens is 3. The Hall–Kier alpha value is -1.63. The van der Waals surface area contributed by atoms with E-state index in [9.17, 15) is 13.2 Å². The lowest BCUT2D eigenvalue weighted by Crippen LogP contribution is -2.59. The average molecular weight is 604 g/mol. The number of nitrogens with two attached hydrogens (primary N) is 1. The van der Waals surface area contributed by atoms with Crippen LogP contribution in [0.5, 0.6) is 0 Å². The Morgan fingerprint density at radius 3 is 2.15 bits per heavy atom. The quantitative estimate of drug-likeness (QED) is 0.364. The molecule has 3 heterocycles. The topological polar surface area (TPSA) is 148 Å². The molecule has 1 aromatic heterocycles. The molecule has 1 fully saturated rings. The van der Waals surface area contributed by atoms with E-state index >= 15 is 0 Å². The monoisotopic (exact) mass is 603 g/mol. The van der Waals surface area contributed by atoms with E-state index < -0.39 is 50.8 Å². The Labute approximate surface area is 234 Å². The van der Waals surface area contributed by atoms with Crippen molar-refractivity contribution in [3.8, 4) is 0 Å².